The first-order valence-electron chi connectivity index (χ1n) is 10.00. The second-order valence-corrected chi connectivity index (χ2v) is 14.8. The molecular weight excluding hydrogens is 412 g/mol. The van der Waals surface area contributed by atoms with Crippen molar-refractivity contribution < 1.29 is 17.6 Å². The summed E-state index contributed by atoms with van der Waals surface area (Å²) in [5.74, 6) is 0. The van der Waals surface area contributed by atoms with Crippen molar-refractivity contribution in [3.8, 4) is 0 Å². The Morgan fingerprint density at radius 3 is 1.63 bits per heavy atom. The number of hydrogen-bond donors (Lipinski definition) is 0. The van der Waals surface area contributed by atoms with Gasteiger partial charge in [-0.15, -0.1) is 0 Å². The Bertz CT molecular complexity index is 1050. The lowest BCUT2D eigenvalue weighted by Gasteiger charge is -2.42. The SMILES string of the molecule is CC(C)(C)[Si](O[C@@H]1O[C@@H]1S(=O)(=O)c1ccccc1)(c1ccccc1)c1ccccc1. The van der Waals surface area contributed by atoms with Crippen LogP contribution in [-0.4, -0.2) is 28.5 Å². The fourth-order valence-corrected chi connectivity index (χ4v) is 10.0. The fraction of sp³-hybridized carbons (Fsp3) is 0.250. The highest BCUT2D eigenvalue weighted by molar-refractivity contribution is 7.92. The number of rotatable bonds is 6. The highest BCUT2D eigenvalue weighted by Crippen LogP contribution is 2.42. The summed E-state index contributed by atoms with van der Waals surface area (Å²) in [7, 11) is -6.48. The lowest BCUT2D eigenvalue weighted by atomic mass is 10.2. The summed E-state index contributed by atoms with van der Waals surface area (Å²) in [5.41, 5.74) is -0.985. The molecule has 1 heterocycles. The van der Waals surface area contributed by atoms with Gasteiger partial charge in [0.2, 0.25) is 15.3 Å². The van der Waals surface area contributed by atoms with Crippen LogP contribution in [0.3, 0.4) is 0 Å². The van der Waals surface area contributed by atoms with E-state index in [1.807, 2.05) is 36.4 Å². The van der Waals surface area contributed by atoms with Gasteiger partial charge in [0.1, 0.15) is 0 Å². The minimum Gasteiger partial charge on any atom is -0.380 e. The molecule has 0 aliphatic carbocycles. The number of benzene rings is 3. The fourth-order valence-electron chi connectivity index (χ4n) is 4.00. The van der Waals surface area contributed by atoms with Gasteiger partial charge in [-0.05, 0) is 27.5 Å². The van der Waals surface area contributed by atoms with E-state index in [0.717, 1.165) is 10.4 Å². The molecule has 1 fully saturated rings. The van der Waals surface area contributed by atoms with E-state index in [-0.39, 0.29) is 9.93 Å². The van der Waals surface area contributed by atoms with Gasteiger partial charge in [-0.3, -0.25) is 0 Å². The normalized spacial score (nSPS) is 19.4. The van der Waals surface area contributed by atoms with E-state index in [1.165, 1.54) is 0 Å². The molecule has 2 atom stereocenters. The van der Waals surface area contributed by atoms with Gasteiger partial charge in [0.05, 0.1) is 4.90 Å². The van der Waals surface area contributed by atoms with Crippen LogP contribution >= 0.6 is 0 Å². The van der Waals surface area contributed by atoms with Crippen LogP contribution in [-0.2, 0) is 19.0 Å². The molecule has 0 N–H and O–H groups in total. The Balaban J connectivity index is 1.76. The molecule has 0 bridgehead atoms. The molecule has 4 nitrogen and oxygen atoms in total. The van der Waals surface area contributed by atoms with Gasteiger partial charge < -0.3 is 9.16 Å². The molecule has 0 spiro atoms. The zero-order valence-corrected chi connectivity index (χ0v) is 19.2. The van der Waals surface area contributed by atoms with Crippen LogP contribution < -0.4 is 10.4 Å². The van der Waals surface area contributed by atoms with Gasteiger partial charge in [0, 0.05) is 0 Å². The summed E-state index contributed by atoms with van der Waals surface area (Å²) in [6.45, 7) is 6.47. The Morgan fingerprint density at radius 1 is 0.767 bits per heavy atom. The molecule has 4 rings (SSSR count). The van der Waals surface area contributed by atoms with E-state index in [0.29, 0.717) is 0 Å². The zero-order chi connectivity index (χ0) is 21.4. The van der Waals surface area contributed by atoms with Gasteiger partial charge in [0.15, 0.2) is 6.29 Å². The van der Waals surface area contributed by atoms with Crippen molar-refractivity contribution in [2.45, 2.75) is 42.4 Å². The van der Waals surface area contributed by atoms with Crippen molar-refractivity contribution in [2.75, 3.05) is 0 Å². The standard InChI is InChI=1S/C24H26O4SSi/c1-24(2,3)30(20-15-9-5-10-16-20,21-17-11-6-12-18-21)28-22-23(27-22)29(25,26)19-13-7-4-8-14-19/h4-18,22-23H,1-3H3/t22-,23+/m0/s1. The third-order valence-corrected chi connectivity index (χ3v) is 12.4. The van der Waals surface area contributed by atoms with Crippen LogP contribution in [0.4, 0.5) is 0 Å². The highest BCUT2D eigenvalue weighted by Gasteiger charge is 2.59. The molecule has 0 aromatic heterocycles. The first-order valence-corrected chi connectivity index (χ1v) is 13.5. The van der Waals surface area contributed by atoms with Crippen molar-refractivity contribution in [1.82, 2.24) is 0 Å². The summed E-state index contributed by atoms with van der Waals surface area (Å²) >= 11 is 0. The highest BCUT2D eigenvalue weighted by atomic mass is 32.2. The zero-order valence-electron chi connectivity index (χ0n) is 17.4. The number of ether oxygens (including phenoxy) is 1. The number of epoxide rings is 1. The summed E-state index contributed by atoms with van der Waals surface area (Å²) in [6, 6.07) is 28.7. The van der Waals surface area contributed by atoms with Crippen molar-refractivity contribution in [3.63, 3.8) is 0 Å². The molecule has 156 valence electrons. The first kappa shape index (κ1) is 21.0. The Hall–Kier alpha value is -2.25. The minimum absolute atomic E-state index is 0.247. The van der Waals surface area contributed by atoms with Crippen molar-refractivity contribution >= 4 is 28.5 Å². The second-order valence-electron chi connectivity index (χ2n) is 8.51. The lowest BCUT2D eigenvalue weighted by Crippen LogP contribution is -2.67. The topological polar surface area (TPSA) is 55.9 Å². The maximum absolute atomic E-state index is 13.0. The predicted molar refractivity (Wildman–Crippen MR) is 121 cm³/mol. The Labute approximate surface area is 179 Å². The van der Waals surface area contributed by atoms with E-state index in [2.05, 4.69) is 45.0 Å². The first-order chi connectivity index (χ1) is 14.3. The minimum atomic E-state index is -3.62. The molecule has 1 saturated heterocycles. The molecule has 1 aliphatic heterocycles. The number of hydrogen-bond acceptors (Lipinski definition) is 4. The monoisotopic (exact) mass is 438 g/mol. The molecule has 6 heteroatoms. The van der Waals surface area contributed by atoms with E-state index in [1.54, 1.807) is 30.3 Å². The average molecular weight is 439 g/mol. The van der Waals surface area contributed by atoms with Gasteiger partial charge in [-0.1, -0.05) is 99.6 Å². The summed E-state index contributed by atoms with van der Waals surface area (Å²) in [4.78, 5) is 0.253. The maximum atomic E-state index is 13.0. The van der Waals surface area contributed by atoms with E-state index in [9.17, 15) is 8.42 Å². The average Bonchev–Trinajstić information content (AvgIpc) is 3.53. The summed E-state index contributed by atoms with van der Waals surface area (Å²) in [6.07, 6.45) is -0.790. The molecule has 3 aromatic rings. The Morgan fingerprint density at radius 2 is 1.20 bits per heavy atom. The lowest BCUT2D eigenvalue weighted by molar-refractivity contribution is 0.167. The summed E-state index contributed by atoms with van der Waals surface area (Å²) in [5, 5.41) is 1.94. The third-order valence-electron chi connectivity index (χ3n) is 5.50. The van der Waals surface area contributed by atoms with Crippen molar-refractivity contribution in [1.29, 1.82) is 0 Å². The van der Waals surface area contributed by atoms with Gasteiger partial charge in [-0.2, -0.15) is 0 Å². The summed E-state index contributed by atoms with van der Waals surface area (Å²) < 4.78 is 38.4. The van der Waals surface area contributed by atoms with Gasteiger partial charge in [-0.25, -0.2) is 8.42 Å². The van der Waals surface area contributed by atoms with Crippen molar-refractivity contribution in [2.24, 2.45) is 0 Å². The van der Waals surface area contributed by atoms with Crippen LogP contribution in [0, 0.1) is 0 Å². The van der Waals surface area contributed by atoms with Crippen LogP contribution in [0.15, 0.2) is 95.9 Å². The van der Waals surface area contributed by atoms with E-state index in [4.69, 9.17) is 9.16 Å². The van der Waals surface area contributed by atoms with E-state index < -0.39 is 29.9 Å². The van der Waals surface area contributed by atoms with E-state index >= 15 is 0 Å². The molecular formula is C24H26O4SSi. The molecule has 30 heavy (non-hydrogen) atoms. The quantitative estimate of drug-likeness (QED) is 0.435. The van der Waals surface area contributed by atoms with Crippen LogP contribution in [0.25, 0.3) is 0 Å². The maximum Gasteiger partial charge on any atom is 0.264 e. The molecule has 0 saturated carbocycles. The largest absolute Gasteiger partial charge is 0.380 e. The van der Waals surface area contributed by atoms with Gasteiger partial charge in [0.25, 0.3) is 8.32 Å². The van der Waals surface area contributed by atoms with Crippen molar-refractivity contribution in [3.05, 3.63) is 91.0 Å². The molecule has 0 amide bonds. The van der Waals surface area contributed by atoms with Crippen LogP contribution in [0.2, 0.25) is 5.04 Å². The number of sulfone groups is 1. The molecule has 0 unspecified atom stereocenters. The molecule has 1 aliphatic rings. The molecule has 0 radical (unpaired) electrons. The van der Waals surface area contributed by atoms with Crippen LogP contribution in [0.1, 0.15) is 20.8 Å². The Kier molecular flexibility index (Phi) is 5.44. The van der Waals surface area contributed by atoms with Gasteiger partial charge >= 0.3 is 0 Å². The smallest absolute Gasteiger partial charge is 0.264 e. The van der Waals surface area contributed by atoms with Crippen LogP contribution in [0.5, 0.6) is 0 Å². The second kappa shape index (κ2) is 7.78. The predicted octanol–water partition coefficient (Wildman–Crippen LogP) is 3.72. The molecule has 3 aromatic carbocycles. The third kappa shape index (κ3) is 3.65.